The van der Waals surface area contributed by atoms with E-state index in [0.29, 0.717) is 21.4 Å². The van der Waals surface area contributed by atoms with Gasteiger partial charge in [-0.05, 0) is 18.2 Å². The predicted octanol–water partition coefficient (Wildman–Crippen LogP) is 1.99. The Kier molecular flexibility index (Phi) is 5.40. The lowest BCUT2D eigenvalue weighted by atomic mass is 10.2. The Hall–Kier alpha value is -2.06. The first-order valence-electron chi connectivity index (χ1n) is 6.15. The van der Waals surface area contributed by atoms with E-state index in [2.05, 4.69) is 20.3 Å². The van der Waals surface area contributed by atoms with Gasteiger partial charge in [0.05, 0.1) is 29.1 Å². The molecule has 0 aliphatic carbocycles. The number of hydrogen-bond acceptors (Lipinski definition) is 6. The van der Waals surface area contributed by atoms with Crippen LogP contribution in [0.25, 0.3) is 0 Å². The molecule has 0 fully saturated rings. The molecule has 1 aromatic heterocycles. The van der Waals surface area contributed by atoms with Crippen LogP contribution >= 0.6 is 23.4 Å². The smallest absolute Gasteiger partial charge is 0.337 e. The van der Waals surface area contributed by atoms with Gasteiger partial charge in [0.2, 0.25) is 5.91 Å². The average molecular weight is 341 g/mol. The monoisotopic (exact) mass is 340 g/mol. The number of nitrogens with one attached hydrogen (secondary N) is 1. The maximum Gasteiger partial charge on any atom is 0.337 e. The molecule has 0 aliphatic rings. The van der Waals surface area contributed by atoms with E-state index in [1.807, 2.05) is 0 Å². The number of nitrogens with zero attached hydrogens (tertiary/aromatic N) is 3. The van der Waals surface area contributed by atoms with Gasteiger partial charge in [-0.25, -0.2) is 4.79 Å². The molecule has 0 saturated heterocycles. The minimum absolute atomic E-state index is 0.144. The van der Waals surface area contributed by atoms with Crippen molar-refractivity contribution in [1.82, 2.24) is 14.8 Å². The van der Waals surface area contributed by atoms with Gasteiger partial charge in [-0.2, -0.15) is 0 Å². The number of rotatable bonds is 5. The molecule has 0 saturated carbocycles. The molecule has 2 rings (SSSR count). The zero-order valence-corrected chi connectivity index (χ0v) is 13.4. The summed E-state index contributed by atoms with van der Waals surface area (Å²) in [5.74, 6) is -0.622. The van der Waals surface area contributed by atoms with E-state index in [1.165, 1.54) is 37.1 Å². The minimum atomic E-state index is -0.499. The normalized spacial score (nSPS) is 10.3. The van der Waals surface area contributed by atoms with Crippen molar-refractivity contribution in [1.29, 1.82) is 0 Å². The lowest BCUT2D eigenvalue weighted by Crippen LogP contribution is -2.15. The highest BCUT2D eigenvalue weighted by atomic mass is 35.5. The summed E-state index contributed by atoms with van der Waals surface area (Å²) in [4.78, 5) is 23.4. The van der Waals surface area contributed by atoms with Crippen molar-refractivity contribution in [2.75, 3.05) is 18.2 Å². The Labute approximate surface area is 136 Å². The Morgan fingerprint density at radius 3 is 2.86 bits per heavy atom. The van der Waals surface area contributed by atoms with E-state index in [4.69, 9.17) is 11.6 Å². The van der Waals surface area contributed by atoms with Crippen LogP contribution in [0.4, 0.5) is 5.69 Å². The van der Waals surface area contributed by atoms with Crippen molar-refractivity contribution in [2.45, 2.75) is 5.16 Å². The number of thioether (sulfide) groups is 1. The van der Waals surface area contributed by atoms with Crippen molar-refractivity contribution in [2.24, 2.45) is 7.05 Å². The predicted molar refractivity (Wildman–Crippen MR) is 83.1 cm³/mol. The highest BCUT2D eigenvalue weighted by Crippen LogP contribution is 2.24. The molecule has 9 heteroatoms. The van der Waals surface area contributed by atoms with E-state index < -0.39 is 5.97 Å². The molecule has 0 radical (unpaired) electrons. The number of aryl methyl sites for hydroxylation is 1. The van der Waals surface area contributed by atoms with Crippen molar-refractivity contribution in [3.63, 3.8) is 0 Å². The number of halogens is 1. The number of amides is 1. The molecule has 7 nitrogen and oxygen atoms in total. The largest absolute Gasteiger partial charge is 0.465 e. The molecule has 1 N–H and O–H groups in total. The van der Waals surface area contributed by atoms with Gasteiger partial charge >= 0.3 is 5.97 Å². The molecule has 0 aliphatic heterocycles. The van der Waals surface area contributed by atoms with Gasteiger partial charge in [-0.3, -0.25) is 4.79 Å². The summed E-state index contributed by atoms with van der Waals surface area (Å²) in [5, 5.41) is 11.2. The van der Waals surface area contributed by atoms with Gasteiger partial charge in [-0.15, -0.1) is 10.2 Å². The SMILES string of the molecule is COC(=O)c1ccc(Cl)c(NC(=O)CSc2nncn2C)c1. The standard InChI is InChI=1S/C13H13ClN4O3S/c1-18-7-15-17-13(18)22-6-11(19)16-10-5-8(12(20)21-2)3-4-9(10)14/h3-5,7H,6H2,1-2H3,(H,16,19). The van der Waals surface area contributed by atoms with Crippen molar-refractivity contribution in [3.8, 4) is 0 Å². The molecular formula is C13H13ClN4O3S. The topological polar surface area (TPSA) is 86.1 Å². The third-order valence-electron chi connectivity index (χ3n) is 2.66. The Balaban J connectivity index is 2.01. The van der Waals surface area contributed by atoms with E-state index >= 15 is 0 Å². The second-order valence-electron chi connectivity index (χ2n) is 4.25. The highest BCUT2D eigenvalue weighted by Gasteiger charge is 2.12. The number of aromatic nitrogens is 3. The first-order chi connectivity index (χ1) is 10.5. The van der Waals surface area contributed by atoms with E-state index in [9.17, 15) is 9.59 Å². The van der Waals surface area contributed by atoms with Crippen LogP contribution < -0.4 is 5.32 Å². The number of methoxy groups -OCH3 is 1. The molecule has 1 aromatic carbocycles. The minimum Gasteiger partial charge on any atom is -0.465 e. The molecule has 0 atom stereocenters. The summed E-state index contributed by atoms with van der Waals surface area (Å²) >= 11 is 7.26. The van der Waals surface area contributed by atoms with Crippen LogP contribution in [0.15, 0.2) is 29.7 Å². The molecule has 0 bridgehead atoms. The molecule has 2 aromatic rings. The van der Waals surface area contributed by atoms with Gasteiger partial charge in [0.25, 0.3) is 0 Å². The van der Waals surface area contributed by atoms with Gasteiger partial charge < -0.3 is 14.6 Å². The number of carbonyl (C=O) groups is 2. The Morgan fingerprint density at radius 1 is 1.45 bits per heavy atom. The zero-order chi connectivity index (χ0) is 16.1. The summed E-state index contributed by atoms with van der Waals surface area (Å²) in [7, 11) is 3.07. The van der Waals surface area contributed by atoms with Gasteiger partial charge in [-0.1, -0.05) is 23.4 Å². The van der Waals surface area contributed by atoms with Crippen LogP contribution in [0.1, 0.15) is 10.4 Å². The fourth-order valence-electron chi connectivity index (χ4n) is 1.59. The summed E-state index contributed by atoms with van der Waals surface area (Å²) in [6, 6.07) is 4.52. The maximum atomic E-state index is 12.0. The quantitative estimate of drug-likeness (QED) is 0.661. The average Bonchev–Trinajstić information content (AvgIpc) is 2.92. The summed E-state index contributed by atoms with van der Waals surface area (Å²) in [6.45, 7) is 0. The first kappa shape index (κ1) is 16.3. The van der Waals surface area contributed by atoms with E-state index in [-0.39, 0.29) is 11.7 Å². The molecule has 0 unspecified atom stereocenters. The Bertz CT molecular complexity index is 704. The zero-order valence-electron chi connectivity index (χ0n) is 11.9. The lowest BCUT2D eigenvalue weighted by molar-refractivity contribution is -0.113. The first-order valence-corrected chi connectivity index (χ1v) is 7.52. The molecular weight excluding hydrogens is 328 g/mol. The molecule has 116 valence electrons. The molecule has 0 spiro atoms. The fourth-order valence-corrected chi connectivity index (χ4v) is 2.44. The summed E-state index contributed by atoms with van der Waals surface area (Å²) in [6.07, 6.45) is 1.55. The van der Waals surface area contributed by atoms with Crippen LogP contribution in [-0.4, -0.2) is 39.5 Å². The van der Waals surface area contributed by atoms with Crippen molar-refractivity contribution in [3.05, 3.63) is 35.1 Å². The molecule has 1 heterocycles. The third kappa shape index (κ3) is 3.99. The van der Waals surface area contributed by atoms with E-state index in [0.717, 1.165) is 0 Å². The Morgan fingerprint density at radius 2 is 2.23 bits per heavy atom. The summed E-state index contributed by atoms with van der Waals surface area (Å²) in [5.41, 5.74) is 0.663. The van der Waals surface area contributed by atoms with Gasteiger partial charge in [0, 0.05) is 7.05 Å². The second kappa shape index (κ2) is 7.28. The lowest BCUT2D eigenvalue weighted by Gasteiger charge is -2.08. The van der Waals surface area contributed by atoms with Crippen molar-refractivity contribution < 1.29 is 14.3 Å². The number of anilines is 1. The number of hydrogen-bond donors (Lipinski definition) is 1. The third-order valence-corrected chi connectivity index (χ3v) is 4.03. The fraction of sp³-hybridized carbons (Fsp3) is 0.231. The molecule has 1 amide bonds. The number of ether oxygens (including phenoxy) is 1. The van der Waals surface area contributed by atoms with E-state index in [1.54, 1.807) is 17.9 Å². The van der Waals surface area contributed by atoms with Gasteiger partial charge in [0.1, 0.15) is 6.33 Å². The molecule has 22 heavy (non-hydrogen) atoms. The van der Waals surface area contributed by atoms with Crippen LogP contribution in [0.3, 0.4) is 0 Å². The van der Waals surface area contributed by atoms with Crippen molar-refractivity contribution >= 4 is 40.9 Å². The number of carbonyl (C=O) groups excluding carboxylic acids is 2. The van der Waals surface area contributed by atoms with Crippen LogP contribution in [0.5, 0.6) is 0 Å². The van der Waals surface area contributed by atoms with Gasteiger partial charge in [0.15, 0.2) is 5.16 Å². The second-order valence-corrected chi connectivity index (χ2v) is 5.60. The number of esters is 1. The van der Waals surface area contributed by atoms with Crippen LogP contribution in [-0.2, 0) is 16.6 Å². The summed E-state index contributed by atoms with van der Waals surface area (Å²) < 4.78 is 6.34. The maximum absolute atomic E-state index is 12.0. The highest BCUT2D eigenvalue weighted by molar-refractivity contribution is 7.99. The number of benzene rings is 1. The van der Waals surface area contributed by atoms with Crippen LogP contribution in [0.2, 0.25) is 5.02 Å². The van der Waals surface area contributed by atoms with Crippen LogP contribution in [0, 0.1) is 0 Å².